The van der Waals surface area contributed by atoms with Crippen LogP contribution in [-0.4, -0.2) is 30.0 Å². The van der Waals surface area contributed by atoms with Gasteiger partial charge in [0.2, 0.25) is 5.76 Å². The molecule has 0 aliphatic carbocycles. The van der Waals surface area contributed by atoms with Crippen LogP contribution in [-0.2, 0) is 23.8 Å². The molecule has 8 heteroatoms. The number of esters is 2. The first-order valence-corrected chi connectivity index (χ1v) is 7.05. The minimum Gasteiger partial charge on any atom is -0.486 e. The third-order valence-electron chi connectivity index (χ3n) is 3.04. The number of alkyl halides is 3. The van der Waals surface area contributed by atoms with Crippen molar-refractivity contribution in [2.24, 2.45) is 0 Å². The van der Waals surface area contributed by atoms with Gasteiger partial charge in [0.05, 0.1) is 6.10 Å². The standard InChI is InChI=1S/C16H15F3O5/c1-9(2)22-13-12(11-7-5-4-6-8-11)14(21)24-15(13,16(17,18)19)23-10(3)20/h4-9H,1-3H3. The number of benzene rings is 1. The molecule has 0 fully saturated rings. The van der Waals surface area contributed by atoms with Crippen molar-refractivity contribution < 1.29 is 37.0 Å². The van der Waals surface area contributed by atoms with Crippen molar-refractivity contribution in [1.82, 2.24) is 0 Å². The highest BCUT2D eigenvalue weighted by Crippen LogP contribution is 2.49. The summed E-state index contributed by atoms with van der Waals surface area (Å²) in [4.78, 5) is 23.4. The zero-order chi connectivity index (χ0) is 18.1. The maximum absolute atomic E-state index is 13.7. The van der Waals surface area contributed by atoms with Gasteiger partial charge in [-0.25, -0.2) is 4.79 Å². The van der Waals surface area contributed by atoms with Crippen LogP contribution in [0.25, 0.3) is 5.57 Å². The molecule has 1 aromatic carbocycles. The second-order valence-corrected chi connectivity index (χ2v) is 5.33. The number of cyclic esters (lactones) is 1. The number of carbonyl (C=O) groups excluding carboxylic acids is 2. The van der Waals surface area contributed by atoms with Crippen LogP contribution in [0.2, 0.25) is 0 Å². The van der Waals surface area contributed by atoms with E-state index in [0.29, 0.717) is 0 Å². The maximum Gasteiger partial charge on any atom is 0.477 e. The van der Waals surface area contributed by atoms with E-state index in [1.165, 1.54) is 26.0 Å². The lowest BCUT2D eigenvalue weighted by Gasteiger charge is -2.31. The van der Waals surface area contributed by atoms with Gasteiger partial charge in [0.1, 0.15) is 5.57 Å². The van der Waals surface area contributed by atoms with Gasteiger partial charge in [-0.15, -0.1) is 0 Å². The quantitative estimate of drug-likeness (QED) is 0.785. The molecule has 0 bridgehead atoms. The number of carbonyl (C=O) groups is 2. The van der Waals surface area contributed by atoms with Gasteiger partial charge in [-0.05, 0) is 19.4 Å². The molecular formula is C16H15F3O5. The van der Waals surface area contributed by atoms with Crippen LogP contribution < -0.4 is 0 Å². The Morgan fingerprint density at radius 2 is 1.79 bits per heavy atom. The molecule has 0 radical (unpaired) electrons. The van der Waals surface area contributed by atoms with Gasteiger partial charge < -0.3 is 14.2 Å². The summed E-state index contributed by atoms with van der Waals surface area (Å²) in [6.45, 7) is 3.75. The van der Waals surface area contributed by atoms with Crippen molar-refractivity contribution in [3.05, 3.63) is 41.7 Å². The van der Waals surface area contributed by atoms with Gasteiger partial charge in [-0.2, -0.15) is 13.2 Å². The van der Waals surface area contributed by atoms with Crippen LogP contribution in [0.5, 0.6) is 0 Å². The third-order valence-corrected chi connectivity index (χ3v) is 3.04. The molecule has 1 aromatic rings. The van der Waals surface area contributed by atoms with Crippen molar-refractivity contribution in [3.8, 4) is 0 Å². The first-order valence-electron chi connectivity index (χ1n) is 7.05. The number of halogens is 3. The molecule has 1 aliphatic rings. The monoisotopic (exact) mass is 344 g/mol. The van der Waals surface area contributed by atoms with Crippen LogP contribution in [0.4, 0.5) is 13.2 Å². The smallest absolute Gasteiger partial charge is 0.477 e. The van der Waals surface area contributed by atoms with Crippen molar-refractivity contribution >= 4 is 17.5 Å². The van der Waals surface area contributed by atoms with Gasteiger partial charge in [0, 0.05) is 6.92 Å². The lowest BCUT2D eigenvalue weighted by Crippen LogP contribution is -2.51. The first-order chi connectivity index (χ1) is 11.1. The molecule has 0 N–H and O–H groups in total. The molecule has 2 rings (SSSR count). The lowest BCUT2D eigenvalue weighted by atomic mass is 10.0. The number of rotatable bonds is 4. The highest BCUT2D eigenvalue weighted by molar-refractivity contribution is 6.19. The van der Waals surface area contributed by atoms with Gasteiger partial charge in [0.25, 0.3) is 0 Å². The highest BCUT2D eigenvalue weighted by atomic mass is 19.4. The number of ether oxygens (including phenoxy) is 3. The second-order valence-electron chi connectivity index (χ2n) is 5.33. The number of hydrogen-bond donors (Lipinski definition) is 0. The van der Waals surface area contributed by atoms with Gasteiger partial charge >= 0.3 is 23.9 Å². The molecule has 1 unspecified atom stereocenters. The first kappa shape index (κ1) is 17.8. The van der Waals surface area contributed by atoms with E-state index in [2.05, 4.69) is 9.47 Å². The Morgan fingerprint density at radius 3 is 2.25 bits per heavy atom. The van der Waals surface area contributed by atoms with Gasteiger partial charge in [-0.1, -0.05) is 30.3 Å². The fraction of sp³-hybridized carbons (Fsp3) is 0.375. The van der Waals surface area contributed by atoms with Crippen molar-refractivity contribution in [1.29, 1.82) is 0 Å². The average Bonchev–Trinajstić information content (AvgIpc) is 2.71. The summed E-state index contributed by atoms with van der Waals surface area (Å²) in [5, 5.41) is 0. The van der Waals surface area contributed by atoms with E-state index in [-0.39, 0.29) is 5.56 Å². The van der Waals surface area contributed by atoms with E-state index in [9.17, 15) is 22.8 Å². The maximum atomic E-state index is 13.7. The molecule has 1 heterocycles. The predicted molar refractivity (Wildman–Crippen MR) is 76.2 cm³/mol. The van der Waals surface area contributed by atoms with Gasteiger partial charge in [-0.3, -0.25) is 4.79 Å². The molecule has 0 amide bonds. The van der Waals surface area contributed by atoms with Crippen molar-refractivity contribution in [3.63, 3.8) is 0 Å². The Balaban J connectivity index is 2.74. The Kier molecular flexibility index (Phi) is 4.59. The SMILES string of the molecule is CC(=O)OC1(C(F)(F)F)OC(=O)C(c2ccccc2)=C1OC(C)C. The molecule has 0 saturated carbocycles. The van der Waals surface area contributed by atoms with E-state index in [0.717, 1.165) is 6.92 Å². The summed E-state index contributed by atoms with van der Waals surface area (Å²) in [5.41, 5.74) is -0.265. The fourth-order valence-corrected chi connectivity index (χ4v) is 2.23. The Morgan fingerprint density at radius 1 is 1.21 bits per heavy atom. The molecule has 0 saturated heterocycles. The molecule has 5 nitrogen and oxygen atoms in total. The van der Waals surface area contributed by atoms with Gasteiger partial charge in [0.15, 0.2) is 0 Å². The molecule has 24 heavy (non-hydrogen) atoms. The molecule has 0 aromatic heterocycles. The third kappa shape index (κ3) is 3.08. The van der Waals surface area contributed by atoms with Crippen LogP contribution in [0.3, 0.4) is 0 Å². The average molecular weight is 344 g/mol. The zero-order valence-corrected chi connectivity index (χ0v) is 13.1. The summed E-state index contributed by atoms with van der Waals surface area (Å²) in [7, 11) is 0. The molecule has 130 valence electrons. The normalized spacial score (nSPS) is 21.0. The topological polar surface area (TPSA) is 61.8 Å². The largest absolute Gasteiger partial charge is 0.486 e. The highest BCUT2D eigenvalue weighted by Gasteiger charge is 2.71. The summed E-state index contributed by atoms with van der Waals surface area (Å²) in [6.07, 6.45) is -5.93. The van der Waals surface area contributed by atoms with Crippen LogP contribution in [0.1, 0.15) is 26.3 Å². The second kappa shape index (κ2) is 6.18. The van der Waals surface area contributed by atoms with E-state index in [1.54, 1.807) is 18.2 Å². The van der Waals surface area contributed by atoms with E-state index in [1.807, 2.05) is 0 Å². The Labute approximate surface area is 136 Å². The fourth-order valence-electron chi connectivity index (χ4n) is 2.23. The summed E-state index contributed by atoms with van der Waals surface area (Å²) in [6, 6.07) is 7.58. The van der Waals surface area contributed by atoms with E-state index < -0.39 is 41.3 Å². The summed E-state index contributed by atoms with van der Waals surface area (Å²) >= 11 is 0. The molecule has 0 spiro atoms. The van der Waals surface area contributed by atoms with Crippen molar-refractivity contribution in [2.75, 3.05) is 0 Å². The minimum absolute atomic E-state index is 0.163. The van der Waals surface area contributed by atoms with E-state index >= 15 is 0 Å². The van der Waals surface area contributed by atoms with E-state index in [4.69, 9.17) is 4.74 Å². The minimum atomic E-state index is -5.21. The lowest BCUT2D eigenvalue weighted by molar-refractivity contribution is -0.341. The van der Waals surface area contributed by atoms with Crippen LogP contribution in [0, 0.1) is 0 Å². The number of hydrogen-bond acceptors (Lipinski definition) is 5. The summed E-state index contributed by atoms with van der Waals surface area (Å²) in [5.74, 6) is -7.02. The van der Waals surface area contributed by atoms with Crippen LogP contribution in [0.15, 0.2) is 36.1 Å². The Bertz CT molecular complexity index is 679. The van der Waals surface area contributed by atoms with Crippen LogP contribution >= 0.6 is 0 Å². The summed E-state index contributed by atoms with van der Waals surface area (Å²) < 4.78 is 55.1. The molecule has 1 atom stereocenters. The van der Waals surface area contributed by atoms with Crippen molar-refractivity contribution in [2.45, 2.75) is 38.8 Å². The molecular weight excluding hydrogens is 329 g/mol. The predicted octanol–water partition coefficient (Wildman–Crippen LogP) is 3.20. The zero-order valence-electron chi connectivity index (χ0n) is 13.1. The Hall–Kier alpha value is -2.51. The molecule has 1 aliphatic heterocycles.